The predicted octanol–water partition coefficient (Wildman–Crippen LogP) is 6.62. The Morgan fingerprint density at radius 1 is 0.607 bits per heavy atom. The van der Waals surface area contributed by atoms with Gasteiger partial charge in [-0.05, 0) is 140 Å². The van der Waals surface area contributed by atoms with Gasteiger partial charge in [-0.25, -0.2) is 19.2 Å². The van der Waals surface area contributed by atoms with Crippen LogP contribution in [0, 0.1) is 10.8 Å². The first-order chi connectivity index (χ1) is 28.5. The highest BCUT2D eigenvalue weighted by molar-refractivity contribution is 5.90. The molecule has 6 rings (SSSR count). The van der Waals surface area contributed by atoms with Crippen LogP contribution >= 0.6 is 0 Å². The van der Waals surface area contributed by atoms with Crippen LogP contribution in [0.15, 0.2) is 36.4 Å². The molecule has 2 aromatic carbocycles. The Hall–Kier alpha value is -5.18. The van der Waals surface area contributed by atoms with Crippen LogP contribution in [0.1, 0.15) is 124 Å². The molecule has 0 spiro atoms. The molecule has 3 amide bonds. The highest BCUT2D eigenvalue weighted by Gasteiger charge is 2.42. The summed E-state index contributed by atoms with van der Waals surface area (Å²) in [5.41, 5.74) is 3.65. The maximum Gasteiger partial charge on any atom is 0.410 e. The van der Waals surface area contributed by atoms with Crippen molar-refractivity contribution in [1.82, 2.24) is 20.0 Å². The molecule has 0 aromatic heterocycles. The first-order valence-electron chi connectivity index (χ1n) is 21.1. The number of hydrogen-bond donors (Lipinski definition) is 2. The van der Waals surface area contributed by atoms with E-state index in [9.17, 15) is 28.8 Å². The number of benzene rings is 2. The van der Waals surface area contributed by atoms with Crippen LogP contribution in [0.5, 0.6) is 0 Å². The third kappa shape index (κ3) is 13.4. The molecule has 4 aliphatic rings. The summed E-state index contributed by atoms with van der Waals surface area (Å²) in [5.74, 6) is -1.26. The Kier molecular flexibility index (Phi) is 16.0. The molecule has 2 fully saturated rings. The SMILES string of the molecule is CC(C)(C)OC(=O)N1CCC(C)(C(=O)O)CC1.COC(=O)c1ccc2c(c1)CCN(C(=O)C1(C)CCN(C(=O)OC(C)(C)C)CC1)C2.COC(=O)c1ccc2c(c1)CCNC2. The number of hydrogen-bond acceptors (Lipinski definition) is 11. The molecule has 4 heterocycles. The van der Waals surface area contributed by atoms with Crippen molar-refractivity contribution in [2.45, 2.75) is 118 Å². The van der Waals surface area contributed by atoms with Crippen molar-refractivity contribution in [3.63, 3.8) is 0 Å². The summed E-state index contributed by atoms with van der Waals surface area (Å²) in [7, 11) is 2.78. The lowest BCUT2D eigenvalue weighted by molar-refractivity contribution is -0.150. The van der Waals surface area contributed by atoms with Crippen molar-refractivity contribution in [3.8, 4) is 0 Å². The number of fused-ring (bicyclic) bond motifs is 2. The molecular formula is C46H66N4O11. The summed E-state index contributed by atoms with van der Waals surface area (Å²) in [6, 6.07) is 11.3. The van der Waals surface area contributed by atoms with Crippen LogP contribution in [-0.4, -0.2) is 120 Å². The maximum atomic E-state index is 13.3. The van der Waals surface area contributed by atoms with Gasteiger partial charge in [0.05, 0.1) is 30.8 Å². The van der Waals surface area contributed by atoms with Crippen molar-refractivity contribution < 1.29 is 52.8 Å². The van der Waals surface area contributed by atoms with Gasteiger partial charge in [0, 0.05) is 51.2 Å². The van der Waals surface area contributed by atoms with Gasteiger partial charge in [-0.15, -0.1) is 0 Å². The van der Waals surface area contributed by atoms with E-state index in [1.807, 2.05) is 83.7 Å². The van der Waals surface area contributed by atoms with E-state index < -0.39 is 28.0 Å². The number of carboxylic acid groups (broad SMARTS) is 1. The summed E-state index contributed by atoms with van der Waals surface area (Å²) in [4.78, 5) is 76.6. The number of carbonyl (C=O) groups excluding carboxylic acids is 5. The molecule has 0 radical (unpaired) electrons. The van der Waals surface area contributed by atoms with Crippen molar-refractivity contribution in [2.24, 2.45) is 10.8 Å². The fourth-order valence-electron chi connectivity index (χ4n) is 7.52. The van der Waals surface area contributed by atoms with Crippen LogP contribution in [0.3, 0.4) is 0 Å². The molecule has 0 aliphatic carbocycles. The number of nitrogens with zero attached hydrogens (tertiary/aromatic N) is 3. The van der Waals surface area contributed by atoms with E-state index in [1.54, 1.807) is 22.8 Å². The van der Waals surface area contributed by atoms with Gasteiger partial charge in [0.2, 0.25) is 5.91 Å². The lowest BCUT2D eigenvalue weighted by Crippen LogP contribution is -2.51. The first-order valence-corrected chi connectivity index (χ1v) is 21.1. The van der Waals surface area contributed by atoms with Crippen molar-refractivity contribution in [1.29, 1.82) is 0 Å². The molecular weight excluding hydrogens is 785 g/mol. The van der Waals surface area contributed by atoms with Gasteiger partial charge < -0.3 is 44.1 Å². The van der Waals surface area contributed by atoms with Gasteiger partial charge in [-0.2, -0.15) is 0 Å². The topological polar surface area (TPSA) is 181 Å². The third-order valence-corrected chi connectivity index (χ3v) is 11.5. The van der Waals surface area contributed by atoms with Gasteiger partial charge in [-0.3, -0.25) is 9.59 Å². The Morgan fingerprint density at radius 2 is 1.05 bits per heavy atom. The zero-order valence-corrected chi connectivity index (χ0v) is 37.7. The number of esters is 2. The fraction of sp³-hybridized carbons (Fsp3) is 0.609. The summed E-state index contributed by atoms with van der Waals surface area (Å²) >= 11 is 0. The van der Waals surface area contributed by atoms with Gasteiger partial charge >= 0.3 is 30.1 Å². The first kappa shape index (κ1) is 48.5. The van der Waals surface area contributed by atoms with Gasteiger partial charge in [0.1, 0.15) is 11.2 Å². The Bertz CT molecular complexity index is 1920. The Balaban J connectivity index is 0.000000222. The molecule has 61 heavy (non-hydrogen) atoms. The summed E-state index contributed by atoms with van der Waals surface area (Å²) in [5, 5.41) is 12.4. The summed E-state index contributed by atoms with van der Waals surface area (Å²) < 4.78 is 20.2. The number of aliphatic carboxylic acids is 1. The second kappa shape index (κ2) is 20.1. The van der Waals surface area contributed by atoms with E-state index in [0.717, 1.165) is 30.6 Å². The van der Waals surface area contributed by atoms with E-state index in [-0.39, 0.29) is 30.0 Å². The second-order valence-corrected chi connectivity index (χ2v) is 18.7. The second-order valence-electron chi connectivity index (χ2n) is 18.7. The van der Waals surface area contributed by atoms with Crippen LogP contribution in [-0.2, 0) is 54.5 Å². The highest BCUT2D eigenvalue weighted by atomic mass is 16.6. The lowest BCUT2D eigenvalue weighted by atomic mass is 9.78. The minimum atomic E-state index is -0.790. The number of nitrogens with one attached hydrogen (secondary N) is 1. The fourth-order valence-corrected chi connectivity index (χ4v) is 7.52. The number of rotatable bonds is 4. The normalized spacial score (nSPS) is 18.0. The van der Waals surface area contributed by atoms with Gasteiger partial charge in [-0.1, -0.05) is 19.1 Å². The molecule has 2 N–H and O–H groups in total. The van der Waals surface area contributed by atoms with E-state index >= 15 is 0 Å². The molecule has 0 unspecified atom stereocenters. The zero-order chi connectivity index (χ0) is 45.3. The largest absolute Gasteiger partial charge is 0.481 e. The van der Waals surface area contributed by atoms with E-state index in [2.05, 4.69) is 10.1 Å². The molecule has 2 saturated heterocycles. The van der Waals surface area contributed by atoms with Gasteiger partial charge in [0.25, 0.3) is 0 Å². The standard InChI is InChI=1S/C23H32N2O5.C12H21NO4.C11H13NO2/c1-22(2,3)30-21(28)24-12-9-23(4,10-13-24)20(27)25-11-8-16-14-17(19(26)29-5)6-7-18(16)15-25;1-11(2,3)17-10(16)13-7-5-12(4,6-8-13)9(14)15;1-14-11(13)9-2-3-10-7-12-5-4-8(10)6-9/h6-7,14H,8-13,15H2,1-5H3;5-8H2,1-4H3,(H,14,15);2-3,6,12H,4-5,7H2,1H3. The number of carbonyl (C=O) groups is 6. The quantitative estimate of drug-likeness (QED) is 0.248. The number of carboxylic acids is 1. The van der Waals surface area contributed by atoms with E-state index in [4.69, 9.17) is 19.3 Å². The van der Waals surface area contributed by atoms with Crippen molar-refractivity contribution >= 4 is 36.0 Å². The third-order valence-electron chi connectivity index (χ3n) is 11.5. The molecule has 336 valence electrons. The van der Waals surface area contributed by atoms with Gasteiger partial charge in [0.15, 0.2) is 0 Å². The molecule has 0 atom stereocenters. The molecule has 15 nitrogen and oxygen atoms in total. The predicted molar refractivity (Wildman–Crippen MR) is 228 cm³/mol. The molecule has 2 aromatic rings. The lowest BCUT2D eigenvalue weighted by Gasteiger charge is -2.42. The highest BCUT2D eigenvalue weighted by Crippen LogP contribution is 2.36. The van der Waals surface area contributed by atoms with Crippen molar-refractivity contribution in [3.05, 3.63) is 69.8 Å². The summed E-state index contributed by atoms with van der Waals surface area (Å²) in [6.07, 6.45) is 3.22. The maximum absolute atomic E-state index is 13.3. The zero-order valence-electron chi connectivity index (χ0n) is 37.7. The molecule has 0 saturated carbocycles. The molecule has 4 aliphatic heterocycles. The minimum absolute atomic E-state index is 0.133. The number of amides is 3. The average Bonchev–Trinajstić information content (AvgIpc) is 3.21. The number of piperidine rings is 2. The number of likely N-dealkylation sites (tertiary alicyclic amines) is 2. The molecule has 15 heteroatoms. The number of methoxy groups -OCH3 is 2. The van der Waals surface area contributed by atoms with Crippen molar-refractivity contribution in [2.75, 3.05) is 53.5 Å². The smallest absolute Gasteiger partial charge is 0.410 e. The van der Waals surface area contributed by atoms with E-state index in [1.165, 1.54) is 25.3 Å². The molecule has 0 bridgehead atoms. The van der Waals surface area contributed by atoms with Crippen LogP contribution in [0.2, 0.25) is 0 Å². The Morgan fingerprint density at radius 3 is 1.49 bits per heavy atom. The monoisotopic (exact) mass is 850 g/mol. The van der Waals surface area contributed by atoms with Crippen LogP contribution in [0.25, 0.3) is 0 Å². The van der Waals surface area contributed by atoms with Crippen LogP contribution < -0.4 is 5.32 Å². The van der Waals surface area contributed by atoms with Crippen LogP contribution in [0.4, 0.5) is 9.59 Å². The summed E-state index contributed by atoms with van der Waals surface area (Å²) in [6.45, 7) is 19.7. The average molecular weight is 851 g/mol. The number of ether oxygens (including phenoxy) is 4. The van der Waals surface area contributed by atoms with E-state index in [0.29, 0.717) is 82.5 Å². The minimum Gasteiger partial charge on any atom is -0.481 e. The Labute approximate surface area is 360 Å².